The van der Waals surface area contributed by atoms with Crippen LogP contribution in [-0.2, 0) is 21.4 Å². The number of sulfonamides is 1. The molecule has 6 nitrogen and oxygen atoms in total. The van der Waals surface area contributed by atoms with Crippen LogP contribution < -0.4 is 5.14 Å². The molecule has 0 saturated carbocycles. The molecule has 0 radical (unpaired) electrons. The maximum Gasteiger partial charge on any atom is 0.305 e. The minimum Gasteiger partial charge on any atom is -0.481 e. The molecule has 102 valence electrons. The van der Waals surface area contributed by atoms with Crippen molar-refractivity contribution in [1.82, 2.24) is 4.57 Å². The smallest absolute Gasteiger partial charge is 0.305 e. The summed E-state index contributed by atoms with van der Waals surface area (Å²) in [6.07, 6.45) is 1.05. The Bertz CT molecular complexity index is 751. The lowest BCUT2D eigenvalue weighted by molar-refractivity contribution is -0.137. The third-order valence-electron chi connectivity index (χ3n) is 2.68. The summed E-state index contributed by atoms with van der Waals surface area (Å²) in [5.74, 6) is -1.60. The molecule has 0 aliphatic rings. The number of carboxylic acids is 1. The molecular formula is C11H11FN2O4S. The normalized spacial score (nSPS) is 11.9. The number of aromatic nitrogens is 1. The van der Waals surface area contributed by atoms with Crippen molar-refractivity contribution in [2.45, 2.75) is 17.9 Å². The molecule has 0 bridgehead atoms. The van der Waals surface area contributed by atoms with Crippen molar-refractivity contribution in [1.29, 1.82) is 0 Å². The molecular weight excluding hydrogens is 275 g/mol. The zero-order valence-electron chi connectivity index (χ0n) is 9.71. The van der Waals surface area contributed by atoms with Gasteiger partial charge in [-0.25, -0.2) is 17.9 Å². The number of carbonyl (C=O) groups is 1. The molecule has 0 aliphatic carbocycles. The minimum absolute atomic E-state index is 0.0764. The van der Waals surface area contributed by atoms with Crippen molar-refractivity contribution in [3.05, 3.63) is 30.2 Å². The second-order valence-corrected chi connectivity index (χ2v) is 5.57. The number of nitrogens with zero attached hydrogens (tertiary/aromatic N) is 1. The van der Waals surface area contributed by atoms with Gasteiger partial charge in [0.05, 0.1) is 6.42 Å². The second-order valence-electron chi connectivity index (χ2n) is 4.04. The summed E-state index contributed by atoms with van der Waals surface area (Å²) in [6, 6.07) is 3.63. The number of rotatable bonds is 4. The third-order valence-corrected chi connectivity index (χ3v) is 3.62. The topological polar surface area (TPSA) is 102 Å². The second kappa shape index (κ2) is 4.63. The lowest BCUT2D eigenvalue weighted by Gasteiger charge is -2.02. The fourth-order valence-corrected chi connectivity index (χ4v) is 2.61. The highest BCUT2D eigenvalue weighted by Gasteiger charge is 2.18. The molecule has 0 amide bonds. The van der Waals surface area contributed by atoms with Crippen LogP contribution in [-0.4, -0.2) is 24.1 Å². The summed E-state index contributed by atoms with van der Waals surface area (Å²) < 4.78 is 37.5. The number of halogens is 1. The van der Waals surface area contributed by atoms with E-state index in [1.165, 1.54) is 22.9 Å². The molecule has 1 aromatic heterocycles. The van der Waals surface area contributed by atoms with Gasteiger partial charge in [0.2, 0.25) is 10.0 Å². The first-order valence-corrected chi connectivity index (χ1v) is 6.86. The number of carboxylic acid groups (broad SMARTS) is 1. The van der Waals surface area contributed by atoms with Gasteiger partial charge in [-0.1, -0.05) is 0 Å². The van der Waals surface area contributed by atoms with Crippen molar-refractivity contribution >= 4 is 26.9 Å². The van der Waals surface area contributed by atoms with Gasteiger partial charge in [-0.2, -0.15) is 0 Å². The van der Waals surface area contributed by atoms with Crippen LogP contribution in [0.15, 0.2) is 29.3 Å². The van der Waals surface area contributed by atoms with Crippen LogP contribution in [0.3, 0.4) is 0 Å². The Hall–Kier alpha value is -1.93. The Morgan fingerprint density at radius 2 is 2.11 bits per heavy atom. The summed E-state index contributed by atoms with van der Waals surface area (Å²) in [7, 11) is -4.00. The van der Waals surface area contributed by atoms with Gasteiger partial charge < -0.3 is 9.67 Å². The molecule has 19 heavy (non-hydrogen) atoms. The lowest BCUT2D eigenvalue weighted by Crippen LogP contribution is -2.11. The van der Waals surface area contributed by atoms with E-state index < -0.39 is 21.8 Å². The van der Waals surface area contributed by atoms with Gasteiger partial charge in [-0.3, -0.25) is 4.79 Å². The van der Waals surface area contributed by atoms with Gasteiger partial charge in [0.25, 0.3) is 0 Å². The van der Waals surface area contributed by atoms with Gasteiger partial charge in [-0.05, 0) is 18.2 Å². The fraction of sp³-hybridized carbons (Fsp3) is 0.182. The molecule has 1 heterocycles. The zero-order valence-corrected chi connectivity index (χ0v) is 10.5. The van der Waals surface area contributed by atoms with E-state index in [9.17, 15) is 17.6 Å². The summed E-state index contributed by atoms with van der Waals surface area (Å²) in [6.45, 7) is 0.0764. The summed E-state index contributed by atoms with van der Waals surface area (Å²) in [5.41, 5.74) is 0.423. The lowest BCUT2D eigenvalue weighted by atomic mass is 10.2. The van der Waals surface area contributed by atoms with Gasteiger partial charge in [0.1, 0.15) is 10.7 Å². The Balaban J connectivity index is 2.63. The Kier molecular flexibility index (Phi) is 3.29. The van der Waals surface area contributed by atoms with Crippen molar-refractivity contribution in [2.24, 2.45) is 5.14 Å². The van der Waals surface area contributed by atoms with Crippen LogP contribution in [0.2, 0.25) is 0 Å². The van der Waals surface area contributed by atoms with Crippen LogP contribution in [0.1, 0.15) is 6.42 Å². The molecule has 8 heteroatoms. The number of aryl methyl sites for hydroxylation is 1. The minimum atomic E-state index is -4.00. The van der Waals surface area contributed by atoms with Crippen molar-refractivity contribution in [3.63, 3.8) is 0 Å². The van der Waals surface area contributed by atoms with E-state index in [2.05, 4.69) is 0 Å². The van der Waals surface area contributed by atoms with Crippen LogP contribution >= 0.6 is 0 Å². The molecule has 2 rings (SSSR count). The van der Waals surface area contributed by atoms with Crippen LogP contribution in [0.5, 0.6) is 0 Å². The predicted molar refractivity (Wildman–Crippen MR) is 65.5 cm³/mol. The average Bonchev–Trinajstić information content (AvgIpc) is 2.64. The fourth-order valence-electron chi connectivity index (χ4n) is 1.86. The summed E-state index contributed by atoms with van der Waals surface area (Å²) in [4.78, 5) is 10.3. The number of fused-ring (bicyclic) bond motifs is 1. The Labute approximate surface area is 108 Å². The highest BCUT2D eigenvalue weighted by molar-refractivity contribution is 7.89. The molecule has 0 fully saturated rings. The average molecular weight is 286 g/mol. The summed E-state index contributed by atoms with van der Waals surface area (Å²) >= 11 is 0. The number of aliphatic carboxylic acids is 1. The van der Waals surface area contributed by atoms with Gasteiger partial charge in [-0.15, -0.1) is 0 Å². The number of hydrogen-bond donors (Lipinski definition) is 2. The Morgan fingerprint density at radius 1 is 1.42 bits per heavy atom. The number of primary sulfonamides is 1. The highest BCUT2D eigenvalue weighted by atomic mass is 32.2. The SMILES string of the molecule is NS(=O)(=O)c1cn(CCC(=O)O)c2ccc(F)cc12. The monoisotopic (exact) mass is 286 g/mol. The zero-order chi connectivity index (χ0) is 14.2. The first-order valence-electron chi connectivity index (χ1n) is 5.32. The summed E-state index contributed by atoms with van der Waals surface area (Å²) in [5, 5.41) is 13.8. The van der Waals surface area contributed by atoms with E-state index in [0.717, 1.165) is 6.07 Å². The molecule has 0 aliphatic heterocycles. The van der Waals surface area contributed by atoms with E-state index in [1.807, 2.05) is 0 Å². The predicted octanol–water partition coefficient (Wildman–Crippen LogP) is 0.903. The first-order chi connectivity index (χ1) is 8.79. The number of nitrogens with two attached hydrogens (primary N) is 1. The van der Waals surface area contributed by atoms with Gasteiger partial charge in [0, 0.05) is 23.6 Å². The maximum absolute atomic E-state index is 13.2. The molecule has 0 atom stereocenters. The first kappa shape index (κ1) is 13.5. The third kappa shape index (κ3) is 2.74. The van der Waals surface area contributed by atoms with Crippen LogP contribution in [0.25, 0.3) is 10.9 Å². The maximum atomic E-state index is 13.2. The van der Waals surface area contributed by atoms with Crippen LogP contribution in [0.4, 0.5) is 4.39 Å². The van der Waals surface area contributed by atoms with E-state index >= 15 is 0 Å². The largest absolute Gasteiger partial charge is 0.481 e. The molecule has 1 aromatic carbocycles. The van der Waals surface area contributed by atoms with Crippen molar-refractivity contribution < 1.29 is 22.7 Å². The molecule has 0 saturated heterocycles. The van der Waals surface area contributed by atoms with Gasteiger partial charge >= 0.3 is 5.97 Å². The van der Waals surface area contributed by atoms with Gasteiger partial charge in [0.15, 0.2) is 0 Å². The van der Waals surface area contributed by atoms with Crippen LogP contribution in [0, 0.1) is 5.82 Å². The molecule has 0 unspecified atom stereocenters. The number of benzene rings is 1. The molecule has 0 spiro atoms. The highest BCUT2D eigenvalue weighted by Crippen LogP contribution is 2.25. The van der Waals surface area contributed by atoms with Crippen molar-refractivity contribution in [3.8, 4) is 0 Å². The number of hydrogen-bond acceptors (Lipinski definition) is 3. The standard InChI is InChI=1S/C11H11FN2O4S/c12-7-1-2-9-8(5-7)10(19(13,17)18)6-14(9)4-3-11(15)16/h1-2,5-6H,3-4H2,(H,15,16)(H2,13,17,18). The molecule has 3 N–H and O–H groups in total. The van der Waals surface area contributed by atoms with E-state index in [-0.39, 0.29) is 23.2 Å². The Morgan fingerprint density at radius 3 is 2.68 bits per heavy atom. The quantitative estimate of drug-likeness (QED) is 0.871. The molecule has 2 aromatic rings. The van der Waals surface area contributed by atoms with Crippen molar-refractivity contribution in [2.75, 3.05) is 0 Å². The van der Waals surface area contributed by atoms with E-state index in [4.69, 9.17) is 10.2 Å². The van der Waals surface area contributed by atoms with E-state index in [1.54, 1.807) is 0 Å². The van der Waals surface area contributed by atoms with E-state index in [0.29, 0.717) is 5.52 Å².